The Bertz CT molecular complexity index is 339. The van der Waals surface area contributed by atoms with Crippen molar-refractivity contribution >= 4 is 23.2 Å². The van der Waals surface area contributed by atoms with E-state index in [1.165, 1.54) is 0 Å². The number of nitrogens with zero attached hydrogens (tertiary/aromatic N) is 2. The lowest BCUT2D eigenvalue weighted by Gasteiger charge is -2.16. The van der Waals surface area contributed by atoms with Crippen LogP contribution in [0.3, 0.4) is 0 Å². The Hall–Kier alpha value is -0.380. The van der Waals surface area contributed by atoms with Crippen molar-refractivity contribution in [1.29, 1.82) is 0 Å². The number of aliphatic hydroxyl groups is 1. The van der Waals surface area contributed by atoms with E-state index in [-0.39, 0.29) is 23.7 Å². The van der Waals surface area contributed by atoms with Crippen molar-refractivity contribution < 1.29 is 5.11 Å². The van der Waals surface area contributed by atoms with Gasteiger partial charge in [-0.15, -0.1) is 0 Å². The zero-order chi connectivity index (χ0) is 10.8. The Morgan fingerprint density at radius 3 is 2.80 bits per heavy atom. The molecule has 0 aliphatic heterocycles. The molecule has 1 heterocycles. The lowest BCUT2D eigenvalue weighted by Crippen LogP contribution is -2.12. The van der Waals surface area contributed by atoms with E-state index in [1.54, 1.807) is 6.07 Å². The Morgan fingerprint density at radius 2 is 2.13 bits per heavy atom. The van der Waals surface area contributed by atoms with E-state index in [1.807, 2.05) is 0 Å². The highest BCUT2D eigenvalue weighted by Crippen LogP contribution is 2.39. The van der Waals surface area contributed by atoms with Crippen LogP contribution in [-0.4, -0.2) is 21.7 Å². The average molecular weight is 247 g/mol. The van der Waals surface area contributed by atoms with E-state index >= 15 is 0 Å². The van der Waals surface area contributed by atoms with Gasteiger partial charge in [-0.1, -0.05) is 18.0 Å². The minimum absolute atomic E-state index is 0.182. The molecule has 1 aromatic heterocycles. The highest BCUT2D eigenvalue weighted by atomic mass is 35.5. The fourth-order valence-electron chi connectivity index (χ4n) is 2.24. The summed E-state index contributed by atoms with van der Waals surface area (Å²) in [6, 6.07) is 1.74. The summed E-state index contributed by atoms with van der Waals surface area (Å²) in [6.45, 7) is 0.198. The maximum atomic E-state index is 9.23. The van der Waals surface area contributed by atoms with Gasteiger partial charge in [0.25, 0.3) is 0 Å². The molecule has 2 unspecified atom stereocenters. The van der Waals surface area contributed by atoms with Crippen molar-refractivity contribution in [3.05, 3.63) is 22.2 Å². The molecule has 0 amide bonds. The monoisotopic (exact) mass is 246 g/mol. The van der Waals surface area contributed by atoms with Gasteiger partial charge in [0.15, 0.2) is 0 Å². The fraction of sp³-hybridized carbons (Fsp3) is 0.600. The SMILES string of the molecule is OCC1CCCC1c1cc(Cl)nc(Cl)n1. The summed E-state index contributed by atoms with van der Waals surface area (Å²) < 4.78 is 0. The van der Waals surface area contributed by atoms with Crippen LogP contribution in [0.25, 0.3) is 0 Å². The normalized spacial score (nSPS) is 25.8. The number of aliphatic hydroxyl groups excluding tert-OH is 1. The van der Waals surface area contributed by atoms with E-state index in [0.717, 1.165) is 25.0 Å². The van der Waals surface area contributed by atoms with Crippen molar-refractivity contribution in [3.63, 3.8) is 0 Å². The maximum Gasteiger partial charge on any atom is 0.224 e. The molecule has 1 aromatic rings. The molecule has 0 saturated heterocycles. The Morgan fingerprint density at radius 1 is 1.33 bits per heavy atom. The topological polar surface area (TPSA) is 46.0 Å². The Labute approximate surface area is 98.5 Å². The largest absolute Gasteiger partial charge is 0.396 e. The zero-order valence-electron chi connectivity index (χ0n) is 8.16. The van der Waals surface area contributed by atoms with Gasteiger partial charge in [-0.3, -0.25) is 0 Å². The second kappa shape index (κ2) is 4.64. The van der Waals surface area contributed by atoms with Gasteiger partial charge >= 0.3 is 0 Å². The molecule has 3 nitrogen and oxygen atoms in total. The molecule has 1 aliphatic rings. The highest BCUT2D eigenvalue weighted by Gasteiger charge is 2.29. The van der Waals surface area contributed by atoms with E-state index in [9.17, 15) is 5.11 Å². The summed E-state index contributed by atoms with van der Waals surface area (Å²) in [5.74, 6) is 0.556. The minimum Gasteiger partial charge on any atom is -0.396 e. The van der Waals surface area contributed by atoms with E-state index in [0.29, 0.717) is 5.15 Å². The Kier molecular flexibility index (Phi) is 3.44. The first-order chi connectivity index (χ1) is 7.20. The van der Waals surface area contributed by atoms with Gasteiger partial charge in [0, 0.05) is 12.5 Å². The fourth-order valence-corrected chi connectivity index (χ4v) is 2.66. The summed E-state index contributed by atoms with van der Waals surface area (Å²) in [6.07, 6.45) is 3.20. The molecule has 15 heavy (non-hydrogen) atoms. The average Bonchev–Trinajstić information content (AvgIpc) is 2.63. The molecular formula is C10H12Cl2N2O. The van der Waals surface area contributed by atoms with Gasteiger partial charge in [0.1, 0.15) is 5.15 Å². The summed E-state index contributed by atoms with van der Waals surface area (Å²) in [5, 5.41) is 9.78. The third kappa shape index (κ3) is 2.41. The van der Waals surface area contributed by atoms with Crippen LogP contribution in [0.15, 0.2) is 6.07 Å². The van der Waals surface area contributed by atoms with Gasteiger partial charge in [-0.05, 0) is 36.4 Å². The molecule has 1 saturated carbocycles. The summed E-state index contributed by atoms with van der Waals surface area (Å²) in [5.41, 5.74) is 0.858. The molecule has 2 rings (SSSR count). The molecule has 2 atom stereocenters. The van der Waals surface area contributed by atoms with Crippen LogP contribution in [0.1, 0.15) is 30.9 Å². The van der Waals surface area contributed by atoms with Gasteiger partial charge < -0.3 is 5.11 Å². The van der Waals surface area contributed by atoms with Crippen molar-refractivity contribution in [2.24, 2.45) is 5.92 Å². The van der Waals surface area contributed by atoms with Crippen molar-refractivity contribution in [2.45, 2.75) is 25.2 Å². The molecular weight excluding hydrogens is 235 g/mol. The highest BCUT2D eigenvalue weighted by molar-refractivity contribution is 6.31. The minimum atomic E-state index is 0.182. The van der Waals surface area contributed by atoms with Crippen molar-refractivity contribution in [3.8, 4) is 0 Å². The smallest absolute Gasteiger partial charge is 0.224 e. The van der Waals surface area contributed by atoms with Gasteiger partial charge in [-0.2, -0.15) is 0 Å². The number of hydrogen-bond acceptors (Lipinski definition) is 3. The first kappa shape index (κ1) is 11.1. The molecule has 1 fully saturated rings. The van der Waals surface area contributed by atoms with E-state index in [2.05, 4.69) is 9.97 Å². The Balaban J connectivity index is 2.28. The van der Waals surface area contributed by atoms with Crippen molar-refractivity contribution in [2.75, 3.05) is 6.61 Å². The number of rotatable bonds is 2. The lowest BCUT2D eigenvalue weighted by atomic mass is 9.93. The molecule has 1 N–H and O–H groups in total. The first-order valence-corrected chi connectivity index (χ1v) is 5.77. The predicted molar refractivity (Wildman–Crippen MR) is 59.2 cm³/mol. The summed E-state index contributed by atoms with van der Waals surface area (Å²) >= 11 is 11.6. The maximum absolute atomic E-state index is 9.23. The van der Waals surface area contributed by atoms with Crippen LogP contribution in [0.2, 0.25) is 10.4 Å². The van der Waals surface area contributed by atoms with Crippen LogP contribution in [0, 0.1) is 5.92 Å². The predicted octanol–water partition coefficient (Wildman–Crippen LogP) is 2.66. The molecule has 0 spiro atoms. The lowest BCUT2D eigenvalue weighted by molar-refractivity contribution is 0.216. The van der Waals surface area contributed by atoms with Gasteiger partial charge in [-0.25, -0.2) is 9.97 Å². The van der Waals surface area contributed by atoms with Crippen LogP contribution < -0.4 is 0 Å². The number of halogens is 2. The summed E-state index contributed by atoms with van der Waals surface area (Å²) in [4.78, 5) is 7.99. The van der Waals surface area contributed by atoms with Crippen molar-refractivity contribution in [1.82, 2.24) is 9.97 Å². The number of aromatic nitrogens is 2. The van der Waals surface area contributed by atoms with Gasteiger partial charge in [0.2, 0.25) is 5.28 Å². The molecule has 0 bridgehead atoms. The third-order valence-electron chi connectivity index (χ3n) is 2.96. The molecule has 1 aliphatic carbocycles. The third-order valence-corrected chi connectivity index (χ3v) is 3.32. The second-order valence-corrected chi connectivity index (χ2v) is 4.59. The second-order valence-electron chi connectivity index (χ2n) is 3.86. The van der Waals surface area contributed by atoms with Gasteiger partial charge in [0.05, 0.1) is 5.69 Å². The number of hydrogen-bond donors (Lipinski definition) is 1. The van der Waals surface area contributed by atoms with Crippen LogP contribution in [-0.2, 0) is 0 Å². The van der Waals surface area contributed by atoms with E-state index in [4.69, 9.17) is 23.2 Å². The van der Waals surface area contributed by atoms with Crippen LogP contribution >= 0.6 is 23.2 Å². The quantitative estimate of drug-likeness (QED) is 0.645. The first-order valence-electron chi connectivity index (χ1n) is 5.01. The summed E-state index contributed by atoms with van der Waals surface area (Å²) in [7, 11) is 0. The molecule has 82 valence electrons. The molecule has 5 heteroatoms. The van der Waals surface area contributed by atoms with Crippen LogP contribution in [0.5, 0.6) is 0 Å². The van der Waals surface area contributed by atoms with E-state index < -0.39 is 0 Å². The molecule has 0 radical (unpaired) electrons. The standard InChI is InChI=1S/C10H12Cl2N2O/c11-9-4-8(13-10(12)14-9)7-3-1-2-6(7)5-15/h4,6-7,15H,1-3,5H2. The zero-order valence-corrected chi connectivity index (χ0v) is 9.67. The molecule has 0 aromatic carbocycles. The van der Waals surface area contributed by atoms with Crippen LogP contribution in [0.4, 0.5) is 0 Å².